The van der Waals surface area contributed by atoms with Crippen molar-refractivity contribution >= 4 is 42.8 Å². The topological polar surface area (TPSA) is 0 Å². The molecule has 34 heavy (non-hydrogen) atoms. The molecule has 0 bridgehead atoms. The maximum absolute atomic E-state index is 2.51. The molecule has 3 rings (SSSR count). The van der Waals surface area contributed by atoms with E-state index in [1.54, 1.807) is 31.3 Å². The summed E-state index contributed by atoms with van der Waals surface area (Å²) < 4.78 is 3.22. The highest BCUT2D eigenvalue weighted by Gasteiger charge is 2.18. The van der Waals surface area contributed by atoms with Gasteiger partial charge in [0.05, 0.1) is 0 Å². The van der Waals surface area contributed by atoms with E-state index in [2.05, 4.69) is 62.5 Å². The van der Waals surface area contributed by atoms with Crippen molar-refractivity contribution < 1.29 is 0 Å². The lowest BCUT2D eigenvalue weighted by Gasteiger charge is -2.12. The second-order valence-corrected chi connectivity index (χ2v) is 13.1. The minimum Gasteiger partial charge on any atom is -0.140 e. The summed E-state index contributed by atoms with van der Waals surface area (Å²) >= 11 is 4.11. The van der Waals surface area contributed by atoms with Gasteiger partial charge < -0.3 is 0 Å². The first-order chi connectivity index (χ1) is 16.7. The average molecular weight is 499 g/mol. The molecule has 0 nitrogen and oxygen atoms in total. The number of thiophene rings is 2. The maximum atomic E-state index is 2.51. The third-order valence-corrected chi connectivity index (χ3v) is 9.69. The summed E-state index contributed by atoms with van der Waals surface area (Å²) in [4.78, 5) is 2.97. The molecule has 0 fully saturated rings. The zero-order valence-corrected chi connectivity index (χ0v) is 24.3. The number of hydrogen-bond acceptors (Lipinski definition) is 2. The third kappa shape index (κ3) is 8.09. The maximum Gasteiger partial charge on any atom is 0.0387 e. The van der Waals surface area contributed by atoms with Crippen LogP contribution in [-0.4, -0.2) is 0 Å². The molecule has 0 unspecified atom stereocenters. The molecule has 2 heteroatoms. The van der Waals surface area contributed by atoms with Gasteiger partial charge in [-0.2, -0.15) is 0 Å². The van der Waals surface area contributed by atoms with Crippen LogP contribution in [0.4, 0.5) is 0 Å². The second-order valence-electron chi connectivity index (χ2n) is 10.6. The number of unbranched alkanes of at least 4 members (excludes halogenated alkanes) is 14. The molecule has 3 aromatic rings. The number of hydrogen-bond donors (Lipinski definition) is 0. The van der Waals surface area contributed by atoms with Crippen molar-refractivity contribution in [2.45, 2.75) is 143 Å². The standard InChI is InChI=1S/C32H50S2/c1-5-7-9-11-13-15-17-19-21-27-29-23-25(3)34-32(29)28(30-24-26(4)33-31(27)30)22-20-18-16-14-12-10-8-6-2/h23-24H,5-22H2,1-4H3. The van der Waals surface area contributed by atoms with Crippen molar-refractivity contribution in [1.82, 2.24) is 0 Å². The van der Waals surface area contributed by atoms with Crippen molar-refractivity contribution in [2.24, 2.45) is 0 Å². The summed E-state index contributed by atoms with van der Waals surface area (Å²) in [7, 11) is 0. The lowest BCUT2D eigenvalue weighted by atomic mass is 9.94. The zero-order valence-electron chi connectivity index (χ0n) is 22.7. The molecule has 0 aliphatic rings. The van der Waals surface area contributed by atoms with E-state index < -0.39 is 0 Å². The van der Waals surface area contributed by atoms with Gasteiger partial charge in [0.1, 0.15) is 0 Å². The molecule has 0 radical (unpaired) electrons. The summed E-state index contributed by atoms with van der Waals surface area (Å²) in [5.41, 5.74) is 3.33. The summed E-state index contributed by atoms with van der Waals surface area (Å²) in [6.45, 7) is 9.23. The Hall–Kier alpha value is -0.860. The van der Waals surface area contributed by atoms with Crippen molar-refractivity contribution in [3.63, 3.8) is 0 Å². The van der Waals surface area contributed by atoms with Gasteiger partial charge in [-0.25, -0.2) is 0 Å². The van der Waals surface area contributed by atoms with Crippen LogP contribution in [0.1, 0.15) is 137 Å². The van der Waals surface area contributed by atoms with Crippen LogP contribution < -0.4 is 0 Å². The van der Waals surface area contributed by atoms with E-state index in [0.29, 0.717) is 0 Å². The van der Waals surface area contributed by atoms with Gasteiger partial charge in [0.15, 0.2) is 0 Å². The minimum atomic E-state index is 1.26. The molecule has 0 saturated carbocycles. The van der Waals surface area contributed by atoms with Crippen molar-refractivity contribution in [3.05, 3.63) is 33.0 Å². The van der Waals surface area contributed by atoms with Crippen LogP contribution in [0.15, 0.2) is 12.1 Å². The number of aryl methyl sites for hydroxylation is 4. The smallest absolute Gasteiger partial charge is 0.0387 e. The summed E-state index contributed by atoms with van der Waals surface area (Å²) in [6.07, 6.45) is 24.9. The van der Waals surface area contributed by atoms with Gasteiger partial charge in [0.2, 0.25) is 0 Å². The fourth-order valence-corrected chi connectivity index (χ4v) is 7.79. The minimum absolute atomic E-state index is 1.26. The first kappa shape index (κ1) is 27.7. The Kier molecular flexibility index (Phi) is 12.5. The van der Waals surface area contributed by atoms with Gasteiger partial charge in [0.25, 0.3) is 0 Å². The lowest BCUT2D eigenvalue weighted by molar-refractivity contribution is 0.576. The summed E-state index contributed by atoms with van der Waals surface area (Å²) in [5, 5.41) is 3.18. The Balaban J connectivity index is 1.64. The Morgan fingerprint density at radius 2 is 0.794 bits per heavy atom. The van der Waals surface area contributed by atoms with Crippen LogP contribution in [-0.2, 0) is 12.8 Å². The molecule has 190 valence electrons. The number of benzene rings is 1. The van der Waals surface area contributed by atoms with Gasteiger partial charge in [-0.15, -0.1) is 22.7 Å². The number of rotatable bonds is 18. The predicted octanol–water partition coefficient (Wildman–Crippen LogP) is 12.1. The van der Waals surface area contributed by atoms with Crippen LogP contribution >= 0.6 is 22.7 Å². The van der Waals surface area contributed by atoms with Gasteiger partial charge in [-0.3, -0.25) is 0 Å². The molecule has 0 aliphatic heterocycles. The van der Waals surface area contributed by atoms with E-state index >= 15 is 0 Å². The quantitative estimate of drug-likeness (QED) is 0.153. The van der Waals surface area contributed by atoms with E-state index in [0.717, 1.165) is 0 Å². The summed E-state index contributed by atoms with van der Waals surface area (Å²) in [6, 6.07) is 5.01. The van der Waals surface area contributed by atoms with E-state index in [1.165, 1.54) is 125 Å². The van der Waals surface area contributed by atoms with E-state index in [9.17, 15) is 0 Å². The Labute approximate surface area is 218 Å². The van der Waals surface area contributed by atoms with Crippen molar-refractivity contribution in [3.8, 4) is 0 Å². The normalized spacial score (nSPS) is 11.9. The first-order valence-corrected chi connectivity index (χ1v) is 16.2. The van der Waals surface area contributed by atoms with Crippen LogP contribution in [0.5, 0.6) is 0 Å². The SMILES string of the molecule is CCCCCCCCCCc1c2cc(C)sc2c(CCCCCCCCCC)c2cc(C)sc12. The summed E-state index contributed by atoms with van der Waals surface area (Å²) in [5.74, 6) is 0. The molecular weight excluding hydrogens is 448 g/mol. The highest BCUT2D eigenvalue weighted by atomic mass is 32.1. The highest BCUT2D eigenvalue weighted by molar-refractivity contribution is 7.21. The van der Waals surface area contributed by atoms with E-state index in [-0.39, 0.29) is 0 Å². The van der Waals surface area contributed by atoms with Gasteiger partial charge in [0, 0.05) is 19.2 Å². The average Bonchev–Trinajstić information content (AvgIpc) is 3.40. The van der Waals surface area contributed by atoms with Crippen LogP contribution in [0.25, 0.3) is 20.2 Å². The molecule has 2 heterocycles. The molecule has 0 aliphatic carbocycles. The second kappa shape index (κ2) is 15.3. The van der Waals surface area contributed by atoms with Crippen molar-refractivity contribution in [1.29, 1.82) is 0 Å². The number of fused-ring (bicyclic) bond motifs is 2. The van der Waals surface area contributed by atoms with E-state index in [4.69, 9.17) is 0 Å². The fourth-order valence-electron chi connectivity index (χ4n) is 5.54. The molecule has 0 saturated heterocycles. The van der Waals surface area contributed by atoms with Gasteiger partial charge in [-0.1, -0.05) is 104 Å². The van der Waals surface area contributed by atoms with Gasteiger partial charge >= 0.3 is 0 Å². The molecule has 2 aromatic heterocycles. The van der Waals surface area contributed by atoms with Crippen LogP contribution in [0, 0.1) is 13.8 Å². The lowest BCUT2D eigenvalue weighted by Crippen LogP contribution is -1.93. The molecule has 0 amide bonds. The molecule has 0 spiro atoms. The van der Waals surface area contributed by atoms with Gasteiger partial charge in [-0.05, 0) is 73.6 Å². The highest BCUT2D eigenvalue weighted by Crippen LogP contribution is 2.42. The zero-order chi connectivity index (χ0) is 24.2. The fraction of sp³-hybridized carbons (Fsp3) is 0.688. The third-order valence-electron chi connectivity index (χ3n) is 7.47. The van der Waals surface area contributed by atoms with Crippen LogP contribution in [0.3, 0.4) is 0 Å². The largest absolute Gasteiger partial charge is 0.140 e. The van der Waals surface area contributed by atoms with Crippen molar-refractivity contribution in [2.75, 3.05) is 0 Å². The Morgan fingerprint density at radius 3 is 1.15 bits per heavy atom. The first-order valence-electron chi connectivity index (χ1n) is 14.6. The predicted molar refractivity (Wildman–Crippen MR) is 159 cm³/mol. The molecular formula is C32H50S2. The monoisotopic (exact) mass is 498 g/mol. The van der Waals surface area contributed by atoms with E-state index in [1.807, 2.05) is 0 Å². The molecule has 0 atom stereocenters. The Morgan fingerprint density at radius 1 is 0.471 bits per heavy atom. The molecule has 0 N–H and O–H groups in total. The molecule has 1 aromatic carbocycles. The Bertz CT molecular complexity index is 841. The van der Waals surface area contributed by atoms with Crippen LogP contribution in [0.2, 0.25) is 0 Å².